The van der Waals surface area contributed by atoms with Gasteiger partial charge in [-0.05, 0) is 45.6 Å². The maximum absolute atomic E-state index is 6.73. The first-order valence-corrected chi connectivity index (χ1v) is 10.8. The summed E-state index contributed by atoms with van der Waals surface area (Å²) in [6.07, 6.45) is 6.85. The predicted molar refractivity (Wildman–Crippen MR) is 119 cm³/mol. The van der Waals surface area contributed by atoms with Gasteiger partial charge in [0.15, 0.2) is 5.79 Å². The first-order chi connectivity index (χ1) is 13.8. The molecule has 1 heterocycles. The van der Waals surface area contributed by atoms with E-state index in [2.05, 4.69) is 65.0 Å². The Morgan fingerprint density at radius 2 is 1.55 bits per heavy atom. The topological polar surface area (TPSA) is 30.9 Å². The minimum atomic E-state index is -0.787. The lowest BCUT2D eigenvalue weighted by Gasteiger charge is -2.62. The van der Waals surface area contributed by atoms with E-state index in [9.17, 15) is 0 Å². The molecule has 0 saturated carbocycles. The summed E-state index contributed by atoms with van der Waals surface area (Å²) in [5.74, 6) is -0.787. The molecule has 1 unspecified atom stereocenters. The van der Waals surface area contributed by atoms with Gasteiger partial charge in [0.2, 0.25) is 0 Å². The van der Waals surface area contributed by atoms with Gasteiger partial charge in [-0.2, -0.15) is 5.06 Å². The Kier molecular flexibility index (Phi) is 8.24. The number of hydrogen-bond donors (Lipinski definition) is 0. The highest BCUT2D eigenvalue weighted by Gasteiger charge is 2.62. The van der Waals surface area contributed by atoms with Crippen LogP contribution >= 0.6 is 0 Å². The van der Waals surface area contributed by atoms with E-state index in [-0.39, 0.29) is 11.6 Å². The molecule has 0 amide bonds. The van der Waals surface area contributed by atoms with E-state index in [1.165, 1.54) is 0 Å². The molecule has 1 aromatic carbocycles. The van der Waals surface area contributed by atoms with Gasteiger partial charge in [0.05, 0.1) is 13.2 Å². The molecule has 29 heavy (non-hydrogen) atoms. The van der Waals surface area contributed by atoms with Gasteiger partial charge in [0, 0.05) is 12.0 Å². The fraction of sp³-hybridized carbons (Fsp3) is 0.600. The van der Waals surface area contributed by atoms with Crippen molar-refractivity contribution < 1.29 is 14.3 Å². The molecule has 0 radical (unpaired) electrons. The number of benzene rings is 1. The largest absolute Gasteiger partial charge is 0.344 e. The van der Waals surface area contributed by atoms with E-state index in [1.54, 1.807) is 12.2 Å². The lowest BCUT2D eigenvalue weighted by atomic mass is 9.71. The van der Waals surface area contributed by atoms with Crippen molar-refractivity contribution in [1.29, 1.82) is 0 Å². The molecule has 1 atom stereocenters. The quantitative estimate of drug-likeness (QED) is 0.326. The van der Waals surface area contributed by atoms with E-state index in [0.29, 0.717) is 13.2 Å². The van der Waals surface area contributed by atoms with Crippen molar-refractivity contribution in [2.75, 3.05) is 13.2 Å². The molecule has 1 fully saturated rings. The Balaban J connectivity index is 2.50. The van der Waals surface area contributed by atoms with Crippen LogP contribution in [0, 0.1) is 0 Å². The summed E-state index contributed by atoms with van der Waals surface area (Å²) in [5, 5.41) is 2.19. The second-order valence-electron chi connectivity index (χ2n) is 8.46. The van der Waals surface area contributed by atoms with Crippen LogP contribution in [0.1, 0.15) is 72.0 Å². The molecule has 1 saturated heterocycles. The van der Waals surface area contributed by atoms with Gasteiger partial charge >= 0.3 is 0 Å². The number of piperidine rings is 1. The van der Waals surface area contributed by atoms with Gasteiger partial charge in [0.1, 0.15) is 11.6 Å². The fourth-order valence-electron chi connectivity index (χ4n) is 4.64. The van der Waals surface area contributed by atoms with Crippen LogP contribution in [0.3, 0.4) is 0 Å². The van der Waals surface area contributed by atoms with Gasteiger partial charge in [-0.1, -0.05) is 56.3 Å². The molecule has 0 bridgehead atoms. The van der Waals surface area contributed by atoms with E-state index in [0.717, 1.165) is 31.2 Å². The maximum atomic E-state index is 6.73. The van der Waals surface area contributed by atoms with Crippen LogP contribution in [-0.4, -0.2) is 35.1 Å². The van der Waals surface area contributed by atoms with Gasteiger partial charge in [-0.25, -0.2) is 0 Å². The fourth-order valence-corrected chi connectivity index (χ4v) is 4.64. The normalized spacial score (nSPS) is 21.4. The molecule has 1 aliphatic rings. The zero-order valence-electron chi connectivity index (χ0n) is 18.9. The Labute approximate surface area is 177 Å². The third-order valence-corrected chi connectivity index (χ3v) is 6.28. The molecule has 1 aliphatic heterocycles. The molecular weight excluding hydrogens is 362 g/mol. The second-order valence-corrected chi connectivity index (χ2v) is 8.46. The SMILES string of the molecule is C=CCOC1(OCC=C)CCC(C)(C)N(OC(C)c2ccccc2)C1(CC)CC. The van der Waals surface area contributed by atoms with Gasteiger partial charge in [-0.15, -0.1) is 13.2 Å². The summed E-state index contributed by atoms with van der Waals surface area (Å²) in [6, 6.07) is 10.3. The number of hydroxylamine groups is 2. The highest BCUT2D eigenvalue weighted by atomic mass is 16.7. The van der Waals surface area contributed by atoms with Crippen molar-refractivity contribution >= 4 is 0 Å². The molecule has 162 valence electrons. The Morgan fingerprint density at radius 1 is 1.00 bits per heavy atom. The highest BCUT2D eigenvalue weighted by molar-refractivity contribution is 5.17. The highest BCUT2D eigenvalue weighted by Crippen LogP contribution is 2.52. The molecule has 2 rings (SSSR count). The summed E-state index contributed by atoms with van der Waals surface area (Å²) in [6.45, 7) is 19.5. The summed E-state index contributed by atoms with van der Waals surface area (Å²) in [4.78, 5) is 6.73. The van der Waals surface area contributed by atoms with Crippen LogP contribution in [0.15, 0.2) is 55.6 Å². The van der Waals surface area contributed by atoms with Crippen LogP contribution in [0.5, 0.6) is 0 Å². The zero-order chi connectivity index (χ0) is 21.5. The van der Waals surface area contributed by atoms with E-state index < -0.39 is 11.3 Å². The monoisotopic (exact) mass is 401 g/mol. The number of ether oxygens (including phenoxy) is 2. The molecule has 4 heteroatoms. The molecule has 1 aromatic rings. The lowest BCUT2D eigenvalue weighted by molar-refractivity contribution is -0.409. The van der Waals surface area contributed by atoms with E-state index in [4.69, 9.17) is 14.3 Å². The van der Waals surface area contributed by atoms with Gasteiger partial charge in [0.25, 0.3) is 0 Å². The number of nitrogens with zero attached hydrogens (tertiary/aromatic N) is 1. The number of hydrogen-bond acceptors (Lipinski definition) is 4. The smallest absolute Gasteiger partial charge is 0.189 e. The predicted octanol–water partition coefficient (Wildman–Crippen LogP) is 6.21. The van der Waals surface area contributed by atoms with Crippen LogP contribution in [0.25, 0.3) is 0 Å². The van der Waals surface area contributed by atoms with Crippen molar-refractivity contribution in [1.82, 2.24) is 5.06 Å². The van der Waals surface area contributed by atoms with Crippen molar-refractivity contribution in [3.63, 3.8) is 0 Å². The first kappa shape index (κ1) is 23.8. The van der Waals surface area contributed by atoms with Crippen LogP contribution in [0.2, 0.25) is 0 Å². The van der Waals surface area contributed by atoms with Crippen molar-refractivity contribution in [3.05, 3.63) is 61.2 Å². The van der Waals surface area contributed by atoms with Crippen LogP contribution in [0.4, 0.5) is 0 Å². The minimum Gasteiger partial charge on any atom is -0.344 e. The standard InChI is InChI=1S/C25H39NO3/c1-8-19-27-25(28-20-9-2)18-17-23(6,7)26(24(25,10-3)11-4)29-21(5)22-15-13-12-14-16-22/h8-9,12-16,21H,1-2,10-11,17-20H2,3-7H3. The second kappa shape index (κ2) is 10.0. The summed E-state index contributed by atoms with van der Waals surface area (Å²) >= 11 is 0. The van der Waals surface area contributed by atoms with Gasteiger partial charge < -0.3 is 9.47 Å². The maximum Gasteiger partial charge on any atom is 0.189 e. The number of rotatable bonds is 11. The Hall–Kier alpha value is -1.46. The van der Waals surface area contributed by atoms with Crippen LogP contribution in [-0.2, 0) is 14.3 Å². The third kappa shape index (κ3) is 4.66. The molecule has 0 N–H and O–H groups in total. The van der Waals surface area contributed by atoms with Crippen molar-refractivity contribution in [2.24, 2.45) is 0 Å². The summed E-state index contributed by atoms with van der Waals surface area (Å²) in [5.41, 5.74) is 0.553. The van der Waals surface area contributed by atoms with E-state index >= 15 is 0 Å². The summed E-state index contributed by atoms with van der Waals surface area (Å²) in [7, 11) is 0. The zero-order valence-corrected chi connectivity index (χ0v) is 18.9. The Morgan fingerprint density at radius 3 is 2.03 bits per heavy atom. The summed E-state index contributed by atoms with van der Waals surface area (Å²) < 4.78 is 12.8. The molecule has 0 spiro atoms. The molecule has 4 nitrogen and oxygen atoms in total. The van der Waals surface area contributed by atoms with Crippen molar-refractivity contribution in [2.45, 2.75) is 83.3 Å². The Bertz CT molecular complexity index is 639. The van der Waals surface area contributed by atoms with Crippen molar-refractivity contribution in [3.8, 4) is 0 Å². The van der Waals surface area contributed by atoms with Crippen LogP contribution < -0.4 is 0 Å². The van der Waals surface area contributed by atoms with Gasteiger partial charge in [-0.3, -0.25) is 4.84 Å². The lowest BCUT2D eigenvalue weighted by Crippen LogP contribution is -2.74. The average Bonchev–Trinajstić information content (AvgIpc) is 2.74. The first-order valence-electron chi connectivity index (χ1n) is 10.8. The molecule has 0 aliphatic carbocycles. The minimum absolute atomic E-state index is 0.0810. The molecule has 0 aromatic heterocycles. The third-order valence-electron chi connectivity index (χ3n) is 6.28. The van der Waals surface area contributed by atoms with E-state index in [1.807, 2.05) is 18.2 Å². The molecular formula is C25H39NO3. The average molecular weight is 402 g/mol.